The minimum atomic E-state index is -1.11. The van der Waals surface area contributed by atoms with Crippen LogP contribution in [-0.2, 0) is 9.59 Å². The van der Waals surface area contributed by atoms with E-state index in [0.29, 0.717) is 28.3 Å². The van der Waals surface area contributed by atoms with Crippen LogP contribution in [0.5, 0.6) is 11.5 Å². The van der Waals surface area contributed by atoms with Gasteiger partial charge in [0.25, 0.3) is 5.91 Å². The van der Waals surface area contributed by atoms with Crippen LogP contribution in [0.3, 0.4) is 0 Å². The third kappa shape index (κ3) is 4.94. The summed E-state index contributed by atoms with van der Waals surface area (Å²) in [5, 5.41) is 11.5. The lowest BCUT2D eigenvalue weighted by molar-refractivity contribution is -0.132. The van der Waals surface area contributed by atoms with Crippen molar-refractivity contribution in [1.82, 2.24) is 0 Å². The van der Waals surface area contributed by atoms with Crippen molar-refractivity contribution < 1.29 is 29.0 Å². The van der Waals surface area contributed by atoms with Crippen LogP contribution in [0, 0.1) is 0 Å². The number of rotatable bonds is 6. The maximum atomic E-state index is 12.5. The molecular weight excluding hydrogens is 338 g/mol. The summed E-state index contributed by atoms with van der Waals surface area (Å²) in [5.74, 6) is -1.26. The second-order valence-corrected chi connectivity index (χ2v) is 5.17. The van der Waals surface area contributed by atoms with Gasteiger partial charge in [-0.1, -0.05) is 12.1 Å². The Morgan fingerprint density at radius 3 is 2.35 bits per heavy atom. The lowest BCUT2D eigenvalue weighted by atomic mass is 10.1. The van der Waals surface area contributed by atoms with Gasteiger partial charge in [-0.2, -0.15) is 0 Å². The van der Waals surface area contributed by atoms with Crippen LogP contribution in [0.1, 0.15) is 22.8 Å². The SMILES string of the molecule is COc1cccc(/C=C/C(=O)O)c1NC(=O)c1ccc(OC(C)=O)cc1. The number of benzene rings is 2. The highest BCUT2D eigenvalue weighted by molar-refractivity contribution is 6.06. The van der Waals surface area contributed by atoms with Crippen molar-refractivity contribution in [3.63, 3.8) is 0 Å². The Balaban J connectivity index is 2.27. The van der Waals surface area contributed by atoms with Gasteiger partial charge < -0.3 is 19.9 Å². The molecule has 2 N–H and O–H groups in total. The lowest BCUT2D eigenvalue weighted by Crippen LogP contribution is -2.13. The van der Waals surface area contributed by atoms with Gasteiger partial charge in [-0.15, -0.1) is 0 Å². The summed E-state index contributed by atoms with van der Waals surface area (Å²) in [6.07, 6.45) is 2.34. The molecule has 0 fully saturated rings. The van der Waals surface area contributed by atoms with E-state index in [2.05, 4.69) is 5.32 Å². The number of amides is 1. The van der Waals surface area contributed by atoms with Crippen LogP contribution in [0.2, 0.25) is 0 Å². The van der Waals surface area contributed by atoms with E-state index in [4.69, 9.17) is 14.6 Å². The molecule has 2 aromatic rings. The maximum absolute atomic E-state index is 12.5. The normalized spacial score (nSPS) is 10.4. The molecule has 0 bridgehead atoms. The predicted molar refractivity (Wildman–Crippen MR) is 95.4 cm³/mol. The lowest BCUT2D eigenvalue weighted by Gasteiger charge is -2.13. The first-order valence-corrected chi connectivity index (χ1v) is 7.58. The van der Waals surface area contributed by atoms with Crippen molar-refractivity contribution in [1.29, 1.82) is 0 Å². The zero-order valence-corrected chi connectivity index (χ0v) is 14.2. The molecule has 0 heterocycles. The zero-order valence-electron chi connectivity index (χ0n) is 14.2. The monoisotopic (exact) mass is 355 g/mol. The predicted octanol–water partition coefficient (Wildman–Crippen LogP) is 2.97. The second-order valence-electron chi connectivity index (χ2n) is 5.17. The second kappa shape index (κ2) is 8.48. The quantitative estimate of drug-likeness (QED) is 0.469. The number of carboxylic acids is 1. The molecule has 2 aromatic carbocycles. The highest BCUT2D eigenvalue weighted by Crippen LogP contribution is 2.30. The summed E-state index contributed by atoms with van der Waals surface area (Å²) in [6, 6.07) is 11.0. The Hall–Kier alpha value is -3.61. The number of esters is 1. The van der Waals surface area contributed by atoms with Crippen LogP contribution in [0.4, 0.5) is 5.69 Å². The average molecular weight is 355 g/mol. The molecule has 0 aliphatic carbocycles. The van der Waals surface area contributed by atoms with Crippen molar-refractivity contribution in [3.05, 3.63) is 59.7 Å². The van der Waals surface area contributed by atoms with Gasteiger partial charge in [0.15, 0.2) is 0 Å². The van der Waals surface area contributed by atoms with Gasteiger partial charge in [0.05, 0.1) is 12.8 Å². The summed E-state index contributed by atoms with van der Waals surface area (Å²) in [7, 11) is 1.45. The topological polar surface area (TPSA) is 102 Å². The molecule has 0 radical (unpaired) electrons. The number of aliphatic carboxylic acids is 1. The molecule has 7 heteroatoms. The molecule has 0 saturated heterocycles. The molecule has 0 spiro atoms. The molecule has 1 amide bonds. The molecule has 0 saturated carbocycles. The van der Waals surface area contributed by atoms with Crippen molar-refractivity contribution in [2.75, 3.05) is 12.4 Å². The summed E-state index contributed by atoms with van der Waals surface area (Å²) in [4.78, 5) is 34.2. The Morgan fingerprint density at radius 1 is 1.08 bits per heavy atom. The van der Waals surface area contributed by atoms with E-state index in [9.17, 15) is 14.4 Å². The number of nitrogens with one attached hydrogen (secondary N) is 1. The fourth-order valence-electron chi connectivity index (χ4n) is 2.18. The maximum Gasteiger partial charge on any atom is 0.328 e. The van der Waals surface area contributed by atoms with Gasteiger partial charge in [-0.25, -0.2) is 4.79 Å². The number of anilines is 1. The van der Waals surface area contributed by atoms with E-state index in [1.54, 1.807) is 18.2 Å². The van der Waals surface area contributed by atoms with Crippen molar-refractivity contribution in [3.8, 4) is 11.5 Å². The summed E-state index contributed by atoms with van der Waals surface area (Å²) in [5.41, 5.74) is 1.16. The first kappa shape index (κ1) is 18.7. The Kier molecular flexibility index (Phi) is 6.10. The summed E-state index contributed by atoms with van der Waals surface area (Å²) >= 11 is 0. The van der Waals surface area contributed by atoms with Crippen molar-refractivity contribution >= 4 is 29.6 Å². The van der Waals surface area contributed by atoms with Gasteiger partial charge in [-0.3, -0.25) is 9.59 Å². The molecule has 7 nitrogen and oxygen atoms in total. The number of para-hydroxylation sites is 1. The van der Waals surface area contributed by atoms with E-state index in [-0.39, 0.29) is 0 Å². The molecule has 0 aliphatic heterocycles. The fraction of sp³-hybridized carbons (Fsp3) is 0.105. The van der Waals surface area contributed by atoms with E-state index < -0.39 is 17.8 Å². The van der Waals surface area contributed by atoms with Gasteiger partial charge in [0, 0.05) is 24.1 Å². The molecule has 26 heavy (non-hydrogen) atoms. The highest BCUT2D eigenvalue weighted by atomic mass is 16.5. The molecule has 2 rings (SSSR count). The Labute approximate surface area is 149 Å². The number of carboxylic acid groups (broad SMARTS) is 1. The summed E-state index contributed by atoms with van der Waals surface area (Å²) < 4.78 is 10.2. The van der Waals surface area contributed by atoms with Crippen LogP contribution < -0.4 is 14.8 Å². The number of hydrogen-bond donors (Lipinski definition) is 2. The number of carbonyl (C=O) groups excluding carboxylic acids is 2. The Bertz CT molecular complexity index is 855. The zero-order chi connectivity index (χ0) is 19.1. The molecule has 0 aliphatic rings. The third-order valence-electron chi connectivity index (χ3n) is 3.30. The molecular formula is C19H17NO6. The number of hydrogen-bond acceptors (Lipinski definition) is 5. The number of methoxy groups -OCH3 is 1. The third-order valence-corrected chi connectivity index (χ3v) is 3.30. The largest absolute Gasteiger partial charge is 0.495 e. The molecule has 0 unspecified atom stereocenters. The van der Waals surface area contributed by atoms with Gasteiger partial charge >= 0.3 is 11.9 Å². The van der Waals surface area contributed by atoms with Gasteiger partial charge in [0.1, 0.15) is 11.5 Å². The van der Waals surface area contributed by atoms with E-state index in [1.165, 1.54) is 44.4 Å². The van der Waals surface area contributed by atoms with Crippen molar-refractivity contribution in [2.45, 2.75) is 6.92 Å². The Morgan fingerprint density at radius 2 is 1.77 bits per heavy atom. The molecule has 134 valence electrons. The van der Waals surface area contributed by atoms with Crippen LogP contribution >= 0.6 is 0 Å². The van der Waals surface area contributed by atoms with Gasteiger partial charge in [-0.05, 0) is 36.4 Å². The van der Waals surface area contributed by atoms with Crippen LogP contribution in [0.15, 0.2) is 48.5 Å². The van der Waals surface area contributed by atoms with Crippen LogP contribution in [0.25, 0.3) is 6.08 Å². The highest BCUT2D eigenvalue weighted by Gasteiger charge is 2.13. The minimum absolute atomic E-state index is 0.330. The standard InChI is InChI=1S/C19H17NO6/c1-12(21)26-15-9-6-14(7-10-15)19(24)20-18-13(8-11-17(22)23)4-3-5-16(18)25-2/h3-11H,1-2H3,(H,20,24)(H,22,23)/b11-8+. The van der Waals surface area contributed by atoms with Crippen LogP contribution in [-0.4, -0.2) is 30.1 Å². The summed E-state index contributed by atoms with van der Waals surface area (Å²) in [6.45, 7) is 1.29. The number of carbonyl (C=O) groups is 3. The minimum Gasteiger partial charge on any atom is -0.495 e. The van der Waals surface area contributed by atoms with E-state index >= 15 is 0 Å². The smallest absolute Gasteiger partial charge is 0.328 e. The van der Waals surface area contributed by atoms with Crippen molar-refractivity contribution in [2.24, 2.45) is 0 Å². The van der Waals surface area contributed by atoms with E-state index in [0.717, 1.165) is 6.08 Å². The van der Waals surface area contributed by atoms with Gasteiger partial charge in [0.2, 0.25) is 0 Å². The molecule has 0 atom stereocenters. The molecule has 0 aromatic heterocycles. The van der Waals surface area contributed by atoms with E-state index in [1.807, 2.05) is 0 Å². The first-order chi connectivity index (χ1) is 12.4. The first-order valence-electron chi connectivity index (χ1n) is 7.58. The average Bonchev–Trinajstić information content (AvgIpc) is 2.60. The number of ether oxygens (including phenoxy) is 2. The fourth-order valence-corrected chi connectivity index (χ4v) is 2.18.